The number of hydrogen-bond donors (Lipinski definition) is 0. The summed E-state index contributed by atoms with van der Waals surface area (Å²) in [5.74, 6) is -0.752. The van der Waals surface area contributed by atoms with E-state index in [1.807, 2.05) is 0 Å². The van der Waals surface area contributed by atoms with E-state index in [-0.39, 0.29) is 33.9 Å². The molecule has 0 aliphatic carbocycles. The molecule has 0 saturated carbocycles. The lowest BCUT2D eigenvalue weighted by atomic mass is 9.95. The van der Waals surface area contributed by atoms with Gasteiger partial charge in [0.25, 0.3) is 11.2 Å². The van der Waals surface area contributed by atoms with Crippen LogP contribution >= 0.6 is 11.3 Å². The van der Waals surface area contributed by atoms with E-state index in [0.717, 1.165) is 11.3 Å². The Balaban J connectivity index is 1.95. The molecular formula is C26H23N3O8S. The lowest BCUT2D eigenvalue weighted by Gasteiger charge is -2.25. The largest absolute Gasteiger partial charge is 0.493 e. The summed E-state index contributed by atoms with van der Waals surface area (Å²) in [6.07, 6.45) is 1.54. The van der Waals surface area contributed by atoms with Crippen LogP contribution in [0.2, 0.25) is 0 Å². The standard InChI is InChI=1S/C26H23N3O8S/c1-5-36-25(32)22-14(2)27-26-28(23(22)17-9-10-19(37-15(3)30)20(13-17)35-4)24(31)21(38-26)12-16-7-6-8-18(11-16)29(33)34/h6-13,23H,5H2,1-4H3. The molecule has 0 spiro atoms. The number of non-ortho nitro benzene ring substituents is 1. The molecule has 1 aliphatic heterocycles. The van der Waals surface area contributed by atoms with Gasteiger partial charge >= 0.3 is 11.9 Å². The topological polar surface area (TPSA) is 139 Å². The first-order valence-electron chi connectivity index (χ1n) is 11.4. The summed E-state index contributed by atoms with van der Waals surface area (Å²) in [4.78, 5) is 53.8. The van der Waals surface area contributed by atoms with Gasteiger partial charge in [-0.1, -0.05) is 29.5 Å². The fourth-order valence-corrected chi connectivity index (χ4v) is 5.13. The minimum absolute atomic E-state index is 0.107. The normalized spacial score (nSPS) is 14.9. The summed E-state index contributed by atoms with van der Waals surface area (Å²) in [5.41, 5.74) is 0.961. The number of esters is 2. The number of benzene rings is 2. The van der Waals surface area contributed by atoms with Crippen LogP contribution in [0.1, 0.15) is 37.9 Å². The van der Waals surface area contributed by atoms with Crippen LogP contribution in [0.5, 0.6) is 11.5 Å². The molecule has 1 aliphatic rings. The number of nitro benzene ring substituents is 1. The second kappa shape index (κ2) is 10.8. The van der Waals surface area contributed by atoms with E-state index in [2.05, 4.69) is 4.99 Å². The highest BCUT2D eigenvalue weighted by molar-refractivity contribution is 7.07. The lowest BCUT2D eigenvalue weighted by Crippen LogP contribution is -2.40. The van der Waals surface area contributed by atoms with E-state index in [9.17, 15) is 24.5 Å². The summed E-state index contributed by atoms with van der Waals surface area (Å²) in [5, 5.41) is 11.2. The first-order chi connectivity index (χ1) is 18.1. The van der Waals surface area contributed by atoms with Gasteiger partial charge in [0.15, 0.2) is 16.3 Å². The first-order valence-corrected chi connectivity index (χ1v) is 12.3. The van der Waals surface area contributed by atoms with Gasteiger partial charge in [-0.05, 0) is 43.2 Å². The smallest absolute Gasteiger partial charge is 0.338 e. The molecule has 0 fully saturated rings. The van der Waals surface area contributed by atoms with Crippen LogP contribution in [-0.4, -0.2) is 35.1 Å². The number of carbonyl (C=O) groups is 2. The van der Waals surface area contributed by atoms with Crippen molar-refractivity contribution in [2.45, 2.75) is 26.8 Å². The molecule has 38 heavy (non-hydrogen) atoms. The molecular weight excluding hydrogens is 514 g/mol. The van der Waals surface area contributed by atoms with Crippen LogP contribution in [0.4, 0.5) is 5.69 Å². The molecule has 2 aromatic carbocycles. The Morgan fingerprint density at radius 3 is 2.63 bits per heavy atom. The highest BCUT2D eigenvalue weighted by Crippen LogP contribution is 2.36. The average Bonchev–Trinajstić information content (AvgIpc) is 3.17. The van der Waals surface area contributed by atoms with Gasteiger partial charge in [0, 0.05) is 19.1 Å². The van der Waals surface area contributed by atoms with Gasteiger partial charge in [-0.2, -0.15) is 0 Å². The van der Waals surface area contributed by atoms with Crippen LogP contribution in [0, 0.1) is 10.1 Å². The molecule has 4 rings (SSSR count). The van der Waals surface area contributed by atoms with E-state index in [4.69, 9.17) is 14.2 Å². The van der Waals surface area contributed by atoms with Crippen molar-refractivity contribution < 1.29 is 28.7 Å². The summed E-state index contributed by atoms with van der Waals surface area (Å²) in [6.45, 7) is 4.71. The molecule has 11 nitrogen and oxygen atoms in total. The van der Waals surface area contributed by atoms with Gasteiger partial charge in [-0.25, -0.2) is 9.79 Å². The van der Waals surface area contributed by atoms with E-state index in [1.54, 1.807) is 38.1 Å². The summed E-state index contributed by atoms with van der Waals surface area (Å²) in [6, 6.07) is 9.72. The van der Waals surface area contributed by atoms with Gasteiger partial charge in [0.1, 0.15) is 0 Å². The molecule has 2 heterocycles. The maximum Gasteiger partial charge on any atom is 0.338 e. The maximum atomic E-state index is 13.7. The zero-order chi connectivity index (χ0) is 27.6. The molecule has 0 saturated heterocycles. The quantitative estimate of drug-likeness (QED) is 0.194. The number of allylic oxidation sites excluding steroid dienone is 1. The van der Waals surface area contributed by atoms with Crippen LogP contribution in [-0.2, 0) is 14.3 Å². The number of hydrogen-bond acceptors (Lipinski definition) is 10. The van der Waals surface area contributed by atoms with Gasteiger partial charge in [0.2, 0.25) is 0 Å². The predicted molar refractivity (Wildman–Crippen MR) is 138 cm³/mol. The number of aromatic nitrogens is 1. The first kappa shape index (κ1) is 26.5. The third-order valence-electron chi connectivity index (χ3n) is 5.65. The minimum atomic E-state index is -0.919. The molecule has 1 aromatic heterocycles. The number of thiazole rings is 1. The molecule has 0 amide bonds. The van der Waals surface area contributed by atoms with Crippen molar-refractivity contribution in [3.8, 4) is 11.5 Å². The molecule has 0 N–H and O–H groups in total. The highest BCUT2D eigenvalue weighted by atomic mass is 32.1. The zero-order valence-corrected chi connectivity index (χ0v) is 21.7. The van der Waals surface area contributed by atoms with Crippen molar-refractivity contribution in [3.05, 3.63) is 94.7 Å². The zero-order valence-electron chi connectivity index (χ0n) is 20.9. The Kier molecular flexibility index (Phi) is 7.53. The van der Waals surface area contributed by atoms with Crippen molar-refractivity contribution in [1.82, 2.24) is 4.57 Å². The minimum Gasteiger partial charge on any atom is -0.493 e. The highest BCUT2D eigenvalue weighted by Gasteiger charge is 2.34. The Labute approximate surface area is 220 Å². The second-order valence-electron chi connectivity index (χ2n) is 8.16. The van der Waals surface area contributed by atoms with Gasteiger partial charge in [0.05, 0.1) is 40.5 Å². The summed E-state index contributed by atoms with van der Waals surface area (Å²) < 4.78 is 17.5. The average molecular weight is 538 g/mol. The number of nitrogens with zero attached hydrogens (tertiary/aromatic N) is 3. The fourth-order valence-electron chi connectivity index (χ4n) is 4.08. The monoisotopic (exact) mass is 537 g/mol. The SMILES string of the molecule is CCOC(=O)C1=C(C)N=c2sc(=Cc3cccc([N+](=O)[O-])c3)c(=O)n2C1c1ccc(OC(C)=O)c(OC)c1. The van der Waals surface area contributed by atoms with E-state index in [0.29, 0.717) is 21.6 Å². The molecule has 0 radical (unpaired) electrons. The van der Waals surface area contributed by atoms with Gasteiger partial charge in [-0.3, -0.25) is 24.3 Å². The second-order valence-corrected chi connectivity index (χ2v) is 9.17. The Bertz CT molecular complexity index is 1670. The number of fused-ring (bicyclic) bond motifs is 1. The number of ether oxygens (including phenoxy) is 3. The molecule has 196 valence electrons. The molecule has 12 heteroatoms. The van der Waals surface area contributed by atoms with Crippen molar-refractivity contribution in [3.63, 3.8) is 0 Å². The number of nitro groups is 1. The summed E-state index contributed by atoms with van der Waals surface area (Å²) in [7, 11) is 1.41. The van der Waals surface area contributed by atoms with E-state index >= 15 is 0 Å². The number of methoxy groups -OCH3 is 1. The van der Waals surface area contributed by atoms with Crippen molar-refractivity contribution in [2.24, 2.45) is 4.99 Å². The Morgan fingerprint density at radius 2 is 1.97 bits per heavy atom. The van der Waals surface area contributed by atoms with Crippen molar-refractivity contribution in [1.29, 1.82) is 0 Å². The van der Waals surface area contributed by atoms with Crippen LogP contribution in [0.15, 0.2) is 63.5 Å². The molecule has 0 bridgehead atoms. The number of rotatable bonds is 7. The van der Waals surface area contributed by atoms with Gasteiger partial charge < -0.3 is 14.2 Å². The van der Waals surface area contributed by atoms with E-state index < -0.39 is 28.5 Å². The molecule has 1 unspecified atom stereocenters. The van der Waals surface area contributed by atoms with Crippen molar-refractivity contribution >= 4 is 35.0 Å². The Morgan fingerprint density at radius 1 is 1.21 bits per heavy atom. The van der Waals surface area contributed by atoms with Crippen molar-refractivity contribution in [2.75, 3.05) is 13.7 Å². The van der Waals surface area contributed by atoms with E-state index in [1.165, 1.54) is 42.9 Å². The van der Waals surface area contributed by atoms with Crippen LogP contribution < -0.4 is 24.4 Å². The van der Waals surface area contributed by atoms with Crippen LogP contribution in [0.3, 0.4) is 0 Å². The fraction of sp³-hybridized carbons (Fsp3) is 0.231. The Hall–Kier alpha value is -4.58. The summed E-state index contributed by atoms with van der Waals surface area (Å²) >= 11 is 1.09. The predicted octanol–water partition coefficient (Wildman–Crippen LogP) is 2.64. The lowest BCUT2D eigenvalue weighted by molar-refractivity contribution is -0.384. The van der Waals surface area contributed by atoms with Crippen LogP contribution in [0.25, 0.3) is 6.08 Å². The van der Waals surface area contributed by atoms with Gasteiger partial charge in [-0.15, -0.1) is 0 Å². The maximum absolute atomic E-state index is 13.7. The third-order valence-corrected chi connectivity index (χ3v) is 6.64. The number of carbonyl (C=O) groups excluding carboxylic acids is 2. The third kappa shape index (κ3) is 5.11. The molecule has 1 atom stereocenters. The molecule has 3 aromatic rings.